The van der Waals surface area contributed by atoms with Crippen LogP contribution in [0.3, 0.4) is 0 Å². The monoisotopic (exact) mass is 337 g/mol. The first-order valence-electron chi connectivity index (χ1n) is 8.36. The van der Waals surface area contributed by atoms with Crippen LogP contribution >= 0.6 is 0 Å². The molecule has 2 aromatic carbocycles. The van der Waals surface area contributed by atoms with Crippen LogP contribution < -0.4 is 10.1 Å². The average molecular weight is 337 g/mol. The number of carbonyl (C=O) groups excluding carboxylic acids is 2. The second kappa shape index (κ2) is 5.92. The SMILES string of the molecule is C[C@@]12C[C@@H](c3ccccc3O1)[C@@H](C(=O)OCc1ccccc1)C(=O)N2. The van der Waals surface area contributed by atoms with Gasteiger partial charge in [-0.2, -0.15) is 0 Å². The van der Waals surface area contributed by atoms with Gasteiger partial charge in [0.05, 0.1) is 0 Å². The van der Waals surface area contributed by atoms with E-state index >= 15 is 0 Å². The minimum Gasteiger partial charge on any atom is -0.468 e. The zero-order chi connectivity index (χ0) is 17.4. The van der Waals surface area contributed by atoms with Gasteiger partial charge in [0.15, 0.2) is 5.72 Å². The molecule has 0 saturated carbocycles. The lowest BCUT2D eigenvalue weighted by molar-refractivity contribution is -0.161. The van der Waals surface area contributed by atoms with Gasteiger partial charge in [0, 0.05) is 12.3 Å². The number of nitrogens with one attached hydrogen (secondary N) is 1. The summed E-state index contributed by atoms with van der Waals surface area (Å²) in [6.45, 7) is 1.99. The maximum atomic E-state index is 12.7. The number of amides is 1. The van der Waals surface area contributed by atoms with Gasteiger partial charge in [-0.05, 0) is 24.1 Å². The third-order valence-corrected chi connectivity index (χ3v) is 4.81. The van der Waals surface area contributed by atoms with Crippen LogP contribution in [0.4, 0.5) is 0 Å². The molecule has 2 bridgehead atoms. The smallest absolute Gasteiger partial charge is 0.319 e. The Kier molecular flexibility index (Phi) is 3.71. The second-order valence-corrected chi connectivity index (χ2v) is 6.74. The Morgan fingerprint density at radius 1 is 1.20 bits per heavy atom. The number of benzene rings is 2. The normalized spacial score (nSPS) is 26.8. The zero-order valence-electron chi connectivity index (χ0n) is 13.9. The molecular weight excluding hydrogens is 318 g/mol. The Morgan fingerprint density at radius 2 is 1.92 bits per heavy atom. The second-order valence-electron chi connectivity index (χ2n) is 6.74. The molecule has 0 spiro atoms. The number of para-hydroxylation sites is 1. The lowest BCUT2D eigenvalue weighted by Gasteiger charge is -2.46. The molecule has 2 heterocycles. The van der Waals surface area contributed by atoms with Crippen LogP contribution in [0.15, 0.2) is 54.6 Å². The molecule has 5 nitrogen and oxygen atoms in total. The Bertz CT molecular complexity index is 819. The summed E-state index contributed by atoms with van der Waals surface area (Å²) >= 11 is 0. The Hall–Kier alpha value is -2.82. The van der Waals surface area contributed by atoms with Crippen molar-refractivity contribution in [3.63, 3.8) is 0 Å². The van der Waals surface area contributed by atoms with Gasteiger partial charge in [-0.15, -0.1) is 0 Å². The molecule has 1 amide bonds. The molecule has 1 saturated heterocycles. The van der Waals surface area contributed by atoms with Gasteiger partial charge in [0.25, 0.3) is 0 Å². The summed E-state index contributed by atoms with van der Waals surface area (Å²) in [6, 6.07) is 17.0. The highest BCUT2D eigenvalue weighted by atomic mass is 16.5. The lowest BCUT2D eigenvalue weighted by atomic mass is 9.75. The highest BCUT2D eigenvalue weighted by molar-refractivity contribution is 6.00. The Morgan fingerprint density at radius 3 is 2.72 bits per heavy atom. The van der Waals surface area contributed by atoms with E-state index in [4.69, 9.17) is 9.47 Å². The number of hydrogen-bond acceptors (Lipinski definition) is 4. The zero-order valence-corrected chi connectivity index (χ0v) is 13.9. The summed E-state index contributed by atoms with van der Waals surface area (Å²) < 4.78 is 11.4. The first kappa shape index (κ1) is 15.7. The fourth-order valence-corrected chi connectivity index (χ4v) is 3.68. The van der Waals surface area contributed by atoms with Crippen LogP contribution in [0, 0.1) is 5.92 Å². The van der Waals surface area contributed by atoms with Crippen LogP contribution in [0.5, 0.6) is 5.75 Å². The summed E-state index contributed by atoms with van der Waals surface area (Å²) in [5.74, 6) is -1.23. The Labute approximate surface area is 145 Å². The summed E-state index contributed by atoms with van der Waals surface area (Å²) in [5, 5.41) is 2.83. The molecule has 3 atom stereocenters. The average Bonchev–Trinajstić information content (AvgIpc) is 2.60. The number of ether oxygens (including phenoxy) is 2. The van der Waals surface area contributed by atoms with Crippen LogP contribution in [0.25, 0.3) is 0 Å². The van der Waals surface area contributed by atoms with Crippen molar-refractivity contribution in [2.45, 2.75) is 31.6 Å². The number of carbonyl (C=O) groups is 2. The first-order chi connectivity index (χ1) is 12.1. The third kappa shape index (κ3) is 2.86. The van der Waals surface area contributed by atoms with Crippen molar-refractivity contribution < 1.29 is 19.1 Å². The predicted molar refractivity (Wildman–Crippen MR) is 90.7 cm³/mol. The van der Waals surface area contributed by atoms with Gasteiger partial charge >= 0.3 is 5.97 Å². The van der Waals surface area contributed by atoms with E-state index in [0.717, 1.165) is 11.1 Å². The molecule has 2 aliphatic rings. The van der Waals surface area contributed by atoms with Gasteiger partial charge in [-0.3, -0.25) is 9.59 Å². The fourth-order valence-electron chi connectivity index (χ4n) is 3.68. The van der Waals surface area contributed by atoms with Gasteiger partial charge in [0.1, 0.15) is 18.3 Å². The number of piperidine rings is 1. The van der Waals surface area contributed by atoms with E-state index < -0.39 is 17.6 Å². The predicted octanol–water partition coefficient (Wildman–Crippen LogP) is 2.76. The Balaban J connectivity index is 1.59. The molecule has 128 valence electrons. The molecule has 25 heavy (non-hydrogen) atoms. The molecule has 1 N–H and O–H groups in total. The van der Waals surface area contributed by atoms with Crippen molar-refractivity contribution >= 4 is 11.9 Å². The van der Waals surface area contributed by atoms with E-state index in [9.17, 15) is 9.59 Å². The maximum absolute atomic E-state index is 12.7. The van der Waals surface area contributed by atoms with Crippen LogP contribution in [-0.2, 0) is 20.9 Å². The molecule has 0 aromatic heterocycles. The number of fused-ring (bicyclic) bond motifs is 4. The van der Waals surface area contributed by atoms with Gasteiger partial charge in [0.2, 0.25) is 5.91 Å². The molecule has 0 aliphatic carbocycles. The topological polar surface area (TPSA) is 64.6 Å². The fraction of sp³-hybridized carbons (Fsp3) is 0.300. The quantitative estimate of drug-likeness (QED) is 0.691. The summed E-state index contributed by atoms with van der Waals surface area (Å²) in [6.07, 6.45) is 0.543. The minimum absolute atomic E-state index is 0.158. The summed E-state index contributed by atoms with van der Waals surface area (Å²) in [5.41, 5.74) is 0.993. The highest BCUT2D eigenvalue weighted by Gasteiger charge is 2.52. The first-order valence-corrected chi connectivity index (χ1v) is 8.36. The molecule has 1 fully saturated rings. The van der Waals surface area contributed by atoms with Crippen LogP contribution in [-0.4, -0.2) is 17.6 Å². The van der Waals surface area contributed by atoms with Crippen molar-refractivity contribution in [3.05, 3.63) is 65.7 Å². The van der Waals surface area contributed by atoms with E-state index in [2.05, 4.69) is 5.32 Å². The van der Waals surface area contributed by atoms with Crippen molar-refractivity contribution in [1.82, 2.24) is 5.32 Å². The standard InChI is InChI=1S/C20H19NO4/c1-20-11-15(14-9-5-6-10-16(14)25-20)17(18(22)21-20)19(23)24-12-13-7-3-2-4-8-13/h2-10,15,17H,11-12H2,1H3,(H,21,22)/t15-,17+,20-/m0/s1. The molecule has 5 heteroatoms. The van der Waals surface area contributed by atoms with Gasteiger partial charge < -0.3 is 14.8 Å². The highest BCUT2D eigenvalue weighted by Crippen LogP contribution is 2.46. The molecule has 4 rings (SSSR count). The maximum Gasteiger partial charge on any atom is 0.319 e. The molecule has 0 unspecified atom stereocenters. The number of rotatable bonds is 3. The third-order valence-electron chi connectivity index (χ3n) is 4.81. The van der Waals surface area contributed by atoms with Crippen LogP contribution in [0.2, 0.25) is 0 Å². The molecular formula is C20H19NO4. The molecule has 0 radical (unpaired) electrons. The summed E-state index contributed by atoms with van der Waals surface area (Å²) in [4.78, 5) is 25.3. The summed E-state index contributed by atoms with van der Waals surface area (Å²) in [7, 11) is 0. The van der Waals surface area contributed by atoms with E-state index in [0.29, 0.717) is 12.2 Å². The van der Waals surface area contributed by atoms with Crippen molar-refractivity contribution in [2.24, 2.45) is 5.92 Å². The molecule has 2 aliphatic heterocycles. The lowest BCUT2D eigenvalue weighted by Crippen LogP contribution is -2.62. The number of hydrogen-bond donors (Lipinski definition) is 1. The van der Waals surface area contributed by atoms with Crippen molar-refractivity contribution in [1.29, 1.82) is 0 Å². The van der Waals surface area contributed by atoms with E-state index in [1.54, 1.807) is 0 Å². The number of esters is 1. The van der Waals surface area contributed by atoms with Crippen LogP contribution in [0.1, 0.15) is 30.4 Å². The van der Waals surface area contributed by atoms with E-state index in [1.807, 2.05) is 61.5 Å². The van der Waals surface area contributed by atoms with Crippen molar-refractivity contribution in [3.8, 4) is 5.75 Å². The van der Waals surface area contributed by atoms with E-state index in [1.165, 1.54) is 0 Å². The van der Waals surface area contributed by atoms with E-state index in [-0.39, 0.29) is 18.4 Å². The minimum atomic E-state index is -0.859. The van der Waals surface area contributed by atoms with Gasteiger partial charge in [-0.1, -0.05) is 48.5 Å². The van der Waals surface area contributed by atoms with Crippen molar-refractivity contribution in [2.75, 3.05) is 0 Å². The van der Waals surface area contributed by atoms with Gasteiger partial charge in [-0.25, -0.2) is 0 Å². The molecule has 2 aromatic rings. The largest absolute Gasteiger partial charge is 0.468 e.